The van der Waals surface area contributed by atoms with E-state index in [1.165, 1.54) is 23.1 Å². The highest BCUT2D eigenvalue weighted by Crippen LogP contribution is 2.33. The summed E-state index contributed by atoms with van der Waals surface area (Å²) in [6, 6.07) is 7.47. The molecule has 1 N–H and O–H groups in total. The summed E-state index contributed by atoms with van der Waals surface area (Å²) in [5, 5.41) is 13.3. The van der Waals surface area contributed by atoms with Crippen molar-refractivity contribution < 1.29 is 13.2 Å². The van der Waals surface area contributed by atoms with Crippen LogP contribution in [0.5, 0.6) is 0 Å². The minimum absolute atomic E-state index is 0.148. The van der Waals surface area contributed by atoms with E-state index in [0.717, 1.165) is 27.6 Å². The smallest absolute Gasteiger partial charge is 0.351 e. The molecular formula is C14H10ClF3N4S3. The highest BCUT2D eigenvalue weighted by atomic mass is 35.5. The average molecular weight is 423 g/mol. The lowest BCUT2D eigenvalue weighted by molar-refractivity contribution is -0.115. The quantitative estimate of drug-likeness (QED) is 0.525. The molecule has 2 heterocycles. The Labute approximate surface area is 158 Å². The second-order valence-electron chi connectivity index (χ2n) is 4.75. The molecule has 0 unspecified atom stereocenters. The van der Waals surface area contributed by atoms with Crippen LogP contribution in [0.1, 0.15) is 5.69 Å². The number of hydrogen-bond donors (Lipinski definition) is 1. The van der Waals surface area contributed by atoms with Crippen molar-refractivity contribution in [1.29, 1.82) is 0 Å². The summed E-state index contributed by atoms with van der Waals surface area (Å²) in [5.74, 6) is 0.550. The molecule has 132 valence electrons. The molecule has 25 heavy (non-hydrogen) atoms. The molecule has 0 fully saturated rings. The molecule has 0 bridgehead atoms. The van der Waals surface area contributed by atoms with E-state index in [1.54, 1.807) is 0 Å². The van der Waals surface area contributed by atoms with Crippen LogP contribution in [0, 0.1) is 0 Å². The highest BCUT2D eigenvalue weighted by Gasteiger charge is 2.27. The number of benzene rings is 1. The molecule has 0 saturated heterocycles. The van der Waals surface area contributed by atoms with Gasteiger partial charge in [0.2, 0.25) is 5.13 Å². The molecule has 0 amide bonds. The average Bonchev–Trinajstić information content (AvgIpc) is 3.20. The number of thiazole rings is 1. The number of nitrogens with zero attached hydrogens (tertiary/aromatic N) is 3. The zero-order valence-electron chi connectivity index (χ0n) is 12.4. The Morgan fingerprint density at radius 1 is 1.20 bits per heavy atom. The van der Waals surface area contributed by atoms with Crippen molar-refractivity contribution in [1.82, 2.24) is 15.2 Å². The third kappa shape index (κ3) is 5.30. The maximum atomic E-state index is 12.2. The van der Waals surface area contributed by atoms with Gasteiger partial charge < -0.3 is 5.32 Å². The Morgan fingerprint density at radius 2 is 2.00 bits per heavy atom. The van der Waals surface area contributed by atoms with Gasteiger partial charge in [0.1, 0.15) is 11.6 Å². The molecule has 4 nitrogen and oxygen atoms in total. The van der Waals surface area contributed by atoms with Crippen LogP contribution in [0.4, 0.5) is 18.3 Å². The van der Waals surface area contributed by atoms with Gasteiger partial charge >= 0.3 is 6.18 Å². The van der Waals surface area contributed by atoms with Crippen molar-refractivity contribution in [2.45, 2.75) is 16.3 Å². The monoisotopic (exact) mass is 422 g/mol. The van der Waals surface area contributed by atoms with Crippen molar-refractivity contribution in [2.75, 3.05) is 11.9 Å². The van der Waals surface area contributed by atoms with E-state index in [0.29, 0.717) is 15.1 Å². The Bertz CT molecular complexity index is 850. The molecule has 0 aliphatic heterocycles. The van der Waals surface area contributed by atoms with Crippen LogP contribution in [0.2, 0.25) is 5.02 Å². The summed E-state index contributed by atoms with van der Waals surface area (Å²) in [6.07, 6.45) is -4.28. The summed E-state index contributed by atoms with van der Waals surface area (Å²) in [6.45, 7) is -1.13. The minimum Gasteiger partial charge on any atom is -0.351 e. The van der Waals surface area contributed by atoms with Crippen LogP contribution in [0.3, 0.4) is 0 Å². The lowest BCUT2D eigenvalue weighted by Gasteiger charge is -2.05. The molecule has 0 aliphatic carbocycles. The third-order valence-electron chi connectivity index (χ3n) is 2.85. The summed E-state index contributed by atoms with van der Waals surface area (Å²) in [7, 11) is 0. The number of nitrogens with one attached hydrogen (secondary N) is 1. The predicted octanol–water partition coefficient (Wildman–Crippen LogP) is 5.58. The maximum Gasteiger partial charge on any atom is 0.405 e. The van der Waals surface area contributed by atoms with Gasteiger partial charge in [-0.3, -0.25) is 0 Å². The minimum atomic E-state index is -4.28. The second-order valence-corrected chi connectivity index (χ2v) is 8.22. The van der Waals surface area contributed by atoms with Gasteiger partial charge in [-0.15, -0.1) is 21.5 Å². The number of thioether (sulfide) groups is 1. The number of aromatic nitrogens is 3. The maximum absolute atomic E-state index is 12.2. The molecule has 3 rings (SSSR count). The molecule has 0 spiro atoms. The van der Waals surface area contributed by atoms with Crippen molar-refractivity contribution in [3.05, 3.63) is 40.4 Å². The van der Waals surface area contributed by atoms with Gasteiger partial charge in [-0.05, 0) is 6.07 Å². The van der Waals surface area contributed by atoms with Crippen LogP contribution in [-0.4, -0.2) is 27.9 Å². The zero-order chi connectivity index (χ0) is 17.9. The first kappa shape index (κ1) is 18.4. The second kappa shape index (κ2) is 7.90. The van der Waals surface area contributed by atoms with E-state index < -0.39 is 12.7 Å². The molecule has 11 heteroatoms. The van der Waals surface area contributed by atoms with Gasteiger partial charge in [0.15, 0.2) is 4.34 Å². The fourth-order valence-electron chi connectivity index (χ4n) is 1.78. The van der Waals surface area contributed by atoms with Crippen LogP contribution in [-0.2, 0) is 5.75 Å². The van der Waals surface area contributed by atoms with Gasteiger partial charge in [-0.25, -0.2) is 4.98 Å². The first-order chi connectivity index (χ1) is 11.9. The lowest BCUT2D eigenvalue weighted by atomic mass is 10.2. The van der Waals surface area contributed by atoms with Gasteiger partial charge in [0.25, 0.3) is 0 Å². The number of alkyl halides is 3. The van der Waals surface area contributed by atoms with E-state index in [2.05, 4.69) is 20.5 Å². The topological polar surface area (TPSA) is 50.7 Å². The first-order valence-electron chi connectivity index (χ1n) is 6.87. The Morgan fingerprint density at radius 3 is 2.76 bits per heavy atom. The fraction of sp³-hybridized carbons (Fsp3) is 0.214. The van der Waals surface area contributed by atoms with Gasteiger partial charge in [-0.1, -0.05) is 52.9 Å². The molecule has 2 aromatic heterocycles. The van der Waals surface area contributed by atoms with Crippen LogP contribution in [0.15, 0.2) is 34.0 Å². The van der Waals surface area contributed by atoms with E-state index >= 15 is 0 Å². The molecule has 0 aliphatic rings. The number of halogens is 4. The van der Waals surface area contributed by atoms with E-state index in [4.69, 9.17) is 11.6 Å². The molecule has 0 saturated carbocycles. The number of hydrogen-bond acceptors (Lipinski definition) is 7. The summed E-state index contributed by atoms with van der Waals surface area (Å²) in [5.41, 5.74) is 1.73. The van der Waals surface area contributed by atoms with E-state index in [9.17, 15) is 13.2 Å². The fourth-order valence-corrected chi connectivity index (χ4v) is 4.67. The zero-order valence-corrected chi connectivity index (χ0v) is 15.6. The van der Waals surface area contributed by atoms with Crippen LogP contribution >= 0.6 is 46.0 Å². The first-order valence-corrected chi connectivity index (χ1v) is 9.93. The summed E-state index contributed by atoms with van der Waals surface area (Å²) >= 11 is 10.1. The van der Waals surface area contributed by atoms with Crippen molar-refractivity contribution in [2.24, 2.45) is 0 Å². The van der Waals surface area contributed by atoms with Crippen molar-refractivity contribution in [3.8, 4) is 10.6 Å². The molecular weight excluding hydrogens is 413 g/mol. The predicted molar refractivity (Wildman–Crippen MR) is 96.6 cm³/mol. The van der Waals surface area contributed by atoms with Gasteiger partial charge in [0.05, 0.1) is 10.7 Å². The molecule has 0 atom stereocenters. The van der Waals surface area contributed by atoms with Crippen LogP contribution in [0.25, 0.3) is 10.6 Å². The number of rotatable bonds is 6. The SMILES string of the molecule is FC(F)(F)CNc1nnc(SCc2csc(-c3ccccc3Cl)n2)s1. The molecule has 3 aromatic rings. The van der Waals surface area contributed by atoms with Gasteiger partial charge in [0, 0.05) is 16.7 Å². The van der Waals surface area contributed by atoms with E-state index in [-0.39, 0.29) is 5.13 Å². The van der Waals surface area contributed by atoms with Crippen LogP contribution < -0.4 is 5.32 Å². The molecule has 1 aromatic carbocycles. The Kier molecular flexibility index (Phi) is 5.82. The summed E-state index contributed by atoms with van der Waals surface area (Å²) in [4.78, 5) is 4.54. The van der Waals surface area contributed by atoms with E-state index in [1.807, 2.05) is 29.6 Å². The largest absolute Gasteiger partial charge is 0.405 e. The van der Waals surface area contributed by atoms with Gasteiger partial charge in [-0.2, -0.15) is 13.2 Å². The Balaban J connectivity index is 1.58. The van der Waals surface area contributed by atoms with Crippen molar-refractivity contribution in [3.63, 3.8) is 0 Å². The van der Waals surface area contributed by atoms with Crippen molar-refractivity contribution >= 4 is 51.2 Å². The Hall–Kier alpha value is -1.36. The summed E-state index contributed by atoms with van der Waals surface area (Å²) < 4.78 is 37.1. The molecule has 0 radical (unpaired) electrons. The lowest BCUT2D eigenvalue weighted by Crippen LogP contribution is -2.21. The standard InChI is InChI=1S/C14H10ClF3N4S3/c15-10-4-2-1-3-9(10)11-20-8(5-23-11)6-24-13-22-21-12(25-13)19-7-14(16,17)18/h1-5H,6-7H2,(H,19,21). The highest BCUT2D eigenvalue weighted by molar-refractivity contribution is 8.00. The third-order valence-corrected chi connectivity index (χ3v) is 6.15. The normalized spacial score (nSPS) is 11.7. The number of anilines is 1.